The average Bonchev–Trinajstić information content (AvgIpc) is 3.03. The molecule has 1 fully saturated rings. The Kier molecular flexibility index (Phi) is 4.28. The van der Waals surface area contributed by atoms with E-state index in [2.05, 4.69) is 0 Å². The number of epoxide rings is 1. The van der Waals surface area contributed by atoms with Crippen molar-refractivity contribution in [2.24, 2.45) is 5.92 Å². The minimum Gasteiger partial charge on any atom is -0.396 e. The molecule has 1 heterocycles. The molecular formula is C9H18O5. The number of hydrogen-bond acceptors (Lipinski definition) is 5. The number of aliphatic hydroxyl groups is 3. The third kappa shape index (κ3) is 2.65. The van der Waals surface area contributed by atoms with Gasteiger partial charge in [-0.05, 0) is 0 Å². The molecule has 84 valence electrons. The van der Waals surface area contributed by atoms with Crippen molar-refractivity contribution in [1.82, 2.24) is 0 Å². The van der Waals surface area contributed by atoms with Gasteiger partial charge in [0.2, 0.25) is 0 Å². The van der Waals surface area contributed by atoms with Gasteiger partial charge < -0.3 is 24.8 Å². The van der Waals surface area contributed by atoms with Crippen LogP contribution in [0.3, 0.4) is 0 Å². The van der Waals surface area contributed by atoms with Crippen LogP contribution >= 0.6 is 0 Å². The van der Waals surface area contributed by atoms with Crippen molar-refractivity contribution in [1.29, 1.82) is 0 Å². The lowest BCUT2D eigenvalue weighted by atomic mass is 9.90. The molecule has 0 saturated carbocycles. The molecule has 5 nitrogen and oxygen atoms in total. The van der Waals surface area contributed by atoms with Crippen molar-refractivity contribution in [3.63, 3.8) is 0 Å². The molecule has 0 aromatic carbocycles. The van der Waals surface area contributed by atoms with Gasteiger partial charge in [0.15, 0.2) is 0 Å². The van der Waals surface area contributed by atoms with Crippen molar-refractivity contribution in [3.8, 4) is 0 Å². The zero-order valence-corrected chi connectivity index (χ0v) is 8.35. The van der Waals surface area contributed by atoms with Gasteiger partial charge in [0.05, 0.1) is 26.4 Å². The standard InChI is InChI=1S/C9H18O5/c1-7(2-10)9(5-11,6-12)14-4-8-3-13-8/h7-8,10-12H,2-6H2,1H3. The molecule has 0 bridgehead atoms. The van der Waals surface area contributed by atoms with Crippen LogP contribution in [0.15, 0.2) is 0 Å². The quantitative estimate of drug-likeness (QED) is 0.454. The van der Waals surface area contributed by atoms with Crippen LogP contribution in [0.2, 0.25) is 0 Å². The lowest BCUT2D eigenvalue weighted by Crippen LogP contribution is -2.49. The second-order valence-electron chi connectivity index (χ2n) is 3.73. The van der Waals surface area contributed by atoms with Gasteiger partial charge in [-0.15, -0.1) is 0 Å². The highest BCUT2D eigenvalue weighted by molar-refractivity contribution is 4.86. The van der Waals surface area contributed by atoms with Crippen molar-refractivity contribution < 1.29 is 24.8 Å². The molecule has 0 aromatic heterocycles. The second kappa shape index (κ2) is 5.04. The summed E-state index contributed by atoms with van der Waals surface area (Å²) in [7, 11) is 0. The fourth-order valence-corrected chi connectivity index (χ4v) is 1.18. The van der Waals surface area contributed by atoms with E-state index in [-0.39, 0.29) is 31.8 Å². The largest absolute Gasteiger partial charge is 0.396 e. The van der Waals surface area contributed by atoms with Crippen molar-refractivity contribution >= 4 is 0 Å². The SMILES string of the molecule is CC(CO)C(CO)(CO)OCC1CO1. The number of rotatable bonds is 7. The van der Waals surface area contributed by atoms with E-state index in [1.807, 2.05) is 0 Å². The highest BCUT2D eigenvalue weighted by Gasteiger charge is 2.38. The zero-order chi connectivity index (χ0) is 10.6. The van der Waals surface area contributed by atoms with E-state index < -0.39 is 5.60 Å². The van der Waals surface area contributed by atoms with Gasteiger partial charge in [-0.1, -0.05) is 6.92 Å². The van der Waals surface area contributed by atoms with Crippen LogP contribution in [0.5, 0.6) is 0 Å². The summed E-state index contributed by atoms with van der Waals surface area (Å²) in [5.41, 5.74) is -1.05. The van der Waals surface area contributed by atoms with Crippen LogP contribution in [0.25, 0.3) is 0 Å². The van der Waals surface area contributed by atoms with E-state index in [0.717, 1.165) is 0 Å². The third-order valence-corrected chi connectivity index (χ3v) is 2.67. The summed E-state index contributed by atoms with van der Waals surface area (Å²) in [6.45, 7) is 1.99. The van der Waals surface area contributed by atoms with Gasteiger partial charge >= 0.3 is 0 Å². The Morgan fingerprint density at radius 2 is 2.00 bits per heavy atom. The van der Waals surface area contributed by atoms with E-state index in [0.29, 0.717) is 13.2 Å². The molecule has 0 radical (unpaired) electrons. The summed E-state index contributed by atoms with van der Waals surface area (Å²) in [5, 5.41) is 27.3. The minimum absolute atomic E-state index is 0.0818. The van der Waals surface area contributed by atoms with E-state index in [1.165, 1.54) is 0 Å². The van der Waals surface area contributed by atoms with E-state index >= 15 is 0 Å². The van der Waals surface area contributed by atoms with Gasteiger partial charge in [-0.25, -0.2) is 0 Å². The molecule has 5 heteroatoms. The van der Waals surface area contributed by atoms with Crippen LogP contribution in [-0.4, -0.2) is 60.1 Å². The second-order valence-corrected chi connectivity index (χ2v) is 3.73. The summed E-state index contributed by atoms with van der Waals surface area (Å²) < 4.78 is 10.4. The number of ether oxygens (including phenoxy) is 2. The summed E-state index contributed by atoms with van der Waals surface area (Å²) in [6.07, 6.45) is 0.0818. The third-order valence-electron chi connectivity index (χ3n) is 2.67. The Hall–Kier alpha value is -0.200. The molecule has 1 aliphatic heterocycles. The van der Waals surface area contributed by atoms with E-state index in [4.69, 9.17) is 14.6 Å². The molecule has 1 rings (SSSR count). The minimum atomic E-state index is -1.05. The van der Waals surface area contributed by atoms with Crippen molar-refractivity contribution in [2.45, 2.75) is 18.6 Å². The van der Waals surface area contributed by atoms with Crippen molar-refractivity contribution in [3.05, 3.63) is 0 Å². The van der Waals surface area contributed by atoms with E-state index in [9.17, 15) is 10.2 Å². The fourth-order valence-electron chi connectivity index (χ4n) is 1.18. The summed E-state index contributed by atoms with van der Waals surface area (Å²) in [5.74, 6) is -0.309. The molecule has 1 aliphatic rings. The fraction of sp³-hybridized carbons (Fsp3) is 1.00. The number of hydrogen-bond donors (Lipinski definition) is 3. The molecule has 0 amide bonds. The van der Waals surface area contributed by atoms with Crippen LogP contribution in [0.1, 0.15) is 6.92 Å². The van der Waals surface area contributed by atoms with Crippen LogP contribution in [0.4, 0.5) is 0 Å². The molecule has 1 saturated heterocycles. The highest BCUT2D eigenvalue weighted by atomic mass is 16.6. The summed E-state index contributed by atoms with van der Waals surface area (Å²) in [4.78, 5) is 0. The molecule has 0 spiro atoms. The number of aliphatic hydroxyl groups excluding tert-OH is 3. The Morgan fingerprint density at radius 1 is 1.43 bits per heavy atom. The average molecular weight is 206 g/mol. The lowest BCUT2D eigenvalue weighted by molar-refractivity contribution is -0.149. The van der Waals surface area contributed by atoms with Gasteiger partial charge in [0, 0.05) is 12.5 Å². The molecule has 0 aromatic rings. The van der Waals surface area contributed by atoms with Gasteiger partial charge in [0.25, 0.3) is 0 Å². The Bertz CT molecular complexity index is 165. The molecule has 2 atom stereocenters. The Labute approximate surface area is 83.3 Å². The maximum atomic E-state index is 9.17. The molecular weight excluding hydrogens is 188 g/mol. The topological polar surface area (TPSA) is 82.5 Å². The zero-order valence-electron chi connectivity index (χ0n) is 8.35. The Morgan fingerprint density at radius 3 is 2.36 bits per heavy atom. The van der Waals surface area contributed by atoms with Crippen LogP contribution in [0, 0.1) is 5.92 Å². The molecule has 2 unspecified atom stereocenters. The first-order valence-electron chi connectivity index (χ1n) is 4.76. The maximum absolute atomic E-state index is 9.17. The van der Waals surface area contributed by atoms with Crippen LogP contribution < -0.4 is 0 Å². The van der Waals surface area contributed by atoms with Gasteiger partial charge in [-0.3, -0.25) is 0 Å². The smallest absolute Gasteiger partial charge is 0.119 e. The predicted octanol–water partition coefficient (Wildman–Crippen LogP) is -1.25. The Balaban J connectivity index is 2.47. The molecule has 3 N–H and O–H groups in total. The summed E-state index contributed by atoms with van der Waals surface area (Å²) in [6, 6.07) is 0. The monoisotopic (exact) mass is 206 g/mol. The lowest BCUT2D eigenvalue weighted by Gasteiger charge is -2.34. The molecule has 0 aliphatic carbocycles. The van der Waals surface area contributed by atoms with E-state index in [1.54, 1.807) is 6.92 Å². The predicted molar refractivity (Wildman–Crippen MR) is 48.8 cm³/mol. The normalized spacial score (nSPS) is 23.6. The molecule has 14 heavy (non-hydrogen) atoms. The maximum Gasteiger partial charge on any atom is 0.119 e. The first kappa shape index (κ1) is 11.9. The highest BCUT2D eigenvalue weighted by Crippen LogP contribution is 2.23. The van der Waals surface area contributed by atoms with Gasteiger partial charge in [-0.2, -0.15) is 0 Å². The first-order valence-corrected chi connectivity index (χ1v) is 4.76. The summed E-state index contributed by atoms with van der Waals surface area (Å²) >= 11 is 0. The van der Waals surface area contributed by atoms with Crippen LogP contribution in [-0.2, 0) is 9.47 Å². The first-order chi connectivity index (χ1) is 6.68. The van der Waals surface area contributed by atoms with Gasteiger partial charge in [0.1, 0.15) is 11.7 Å². The van der Waals surface area contributed by atoms with Crippen molar-refractivity contribution in [2.75, 3.05) is 33.0 Å².